The highest BCUT2D eigenvalue weighted by Gasteiger charge is 2.12. The number of halogens is 1. The van der Waals surface area contributed by atoms with Crippen molar-refractivity contribution in [2.24, 2.45) is 0 Å². The Kier molecular flexibility index (Phi) is 4.05. The van der Waals surface area contributed by atoms with Gasteiger partial charge < -0.3 is 5.11 Å². The summed E-state index contributed by atoms with van der Waals surface area (Å²) in [6, 6.07) is 8.17. The minimum Gasteiger partial charge on any atom is -0.392 e. The predicted molar refractivity (Wildman–Crippen MR) is 74.8 cm³/mol. The quantitative estimate of drug-likeness (QED) is 0.920. The van der Waals surface area contributed by atoms with Crippen LogP contribution in [0.5, 0.6) is 0 Å². The Labute approximate surface area is 110 Å². The number of benzene rings is 1. The number of hydrogen-bond acceptors (Lipinski definition) is 3. The molecule has 17 heavy (non-hydrogen) atoms. The lowest BCUT2D eigenvalue weighted by Gasteiger charge is -2.17. The lowest BCUT2D eigenvalue weighted by molar-refractivity contribution is 0.139. The van der Waals surface area contributed by atoms with Crippen molar-refractivity contribution in [3.05, 3.63) is 34.2 Å². The van der Waals surface area contributed by atoms with Crippen molar-refractivity contribution in [2.45, 2.75) is 19.6 Å². The minimum absolute atomic E-state index is 0.312. The average Bonchev–Trinajstić information content (AvgIpc) is 2.55. The summed E-state index contributed by atoms with van der Waals surface area (Å²) in [6.45, 7) is 3.23. The van der Waals surface area contributed by atoms with Crippen molar-refractivity contribution < 1.29 is 5.11 Å². The van der Waals surface area contributed by atoms with Gasteiger partial charge in [0.2, 0.25) is 0 Å². The van der Waals surface area contributed by atoms with Crippen LogP contribution in [0.1, 0.15) is 11.8 Å². The first-order chi connectivity index (χ1) is 8.08. The third kappa shape index (κ3) is 2.99. The third-order valence-corrected chi connectivity index (χ3v) is 4.29. The molecule has 0 aliphatic rings. The van der Waals surface area contributed by atoms with E-state index < -0.39 is 0 Å². The molecule has 0 aliphatic carbocycles. The van der Waals surface area contributed by atoms with Crippen LogP contribution in [-0.2, 0) is 6.54 Å². The Morgan fingerprint density at radius 2 is 2.12 bits per heavy atom. The molecule has 92 valence electrons. The average molecular weight is 270 g/mol. The van der Waals surface area contributed by atoms with Crippen molar-refractivity contribution in [1.82, 2.24) is 4.90 Å². The minimum atomic E-state index is -0.312. The SMILES string of the molecule is CC(O)CN(C)Cc1sc2ccccc2c1Cl. The molecule has 0 spiro atoms. The van der Waals surface area contributed by atoms with E-state index in [1.807, 2.05) is 25.2 Å². The second-order valence-corrected chi connectivity index (χ2v) is 5.90. The van der Waals surface area contributed by atoms with Crippen LogP contribution in [0.15, 0.2) is 24.3 Å². The first kappa shape index (κ1) is 12.8. The number of hydrogen-bond donors (Lipinski definition) is 1. The predicted octanol–water partition coefficient (Wildman–Crippen LogP) is 3.37. The molecule has 2 rings (SSSR count). The highest BCUT2D eigenvalue weighted by Crippen LogP contribution is 2.35. The molecule has 0 radical (unpaired) electrons. The summed E-state index contributed by atoms with van der Waals surface area (Å²) in [5.41, 5.74) is 0. The molecular formula is C13H16ClNOS. The molecule has 1 aromatic carbocycles. The van der Waals surface area contributed by atoms with E-state index in [2.05, 4.69) is 11.0 Å². The standard InChI is InChI=1S/C13H16ClNOS/c1-9(16)7-15(2)8-12-13(14)10-5-3-4-6-11(10)17-12/h3-6,9,16H,7-8H2,1-2H3. The number of likely N-dealkylation sites (N-methyl/N-ethyl adjacent to an activating group) is 1. The van der Waals surface area contributed by atoms with Crippen LogP contribution in [0.2, 0.25) is 5.02 Å². The maximum atomic E-state index is 9.34. The Balaban J connectivity index is 2.21. The van der Waals surface area contributed by atoms with Crippen molar-refractivity contribution in [3.63, 3.8) is 0 Å². The zero-order valence-corrected chi connectivity index (χ0v) is 11.6. The largest absolute Gasteiger partial charge is 0.392 e. The van der Waals surface area contributed by atoms with E-state index in [-0.39, 0.29) is 6.10 Å². The van der Waals surface area contributed by atoms with E-state index in [0.29, 0.717) is 6.54 Å². The first-order valence-corrected chi connectivity index (χ1v) is 6.80. The van der Waals surface area contributed by atoms with E-state index in [1.54, 1.807) is 18.3 Å². The molecule has 1 N–H and O–H groups in total. The van der Waals surface area contributed by atoms with Gasteiger partial charge in [-0.05, 0) is 20.0 Å². The monoisotopic (exact) mass is 269 g/mol. The van der Waals surface area contributed by atoms with Crippen LogP contribution in [0.25, 0.3) is 10.1 Å². The molecule has 0 amide bonds. The number of fused-ring (bicyclic) bond motifs is 1. The number of nitrogens with zero attached hydrogens (tertiary/aromatic N) is 1. The van der Waals surface area contributed by atoms with Crippen molar-refractivity contribution in [1.29, 1.82) is 0 Å². The molecule has 1 heterocycles. The van der Waals surface area contributed by atoms with Gasteiger partial charge >= 0.3 is 0 Å². The number of rotatable bonds is 4. The van der Waals surface area contributed by atoms with Gasteiger partial charge in [0.25, 0.3) is 0 Å². The zero-order chi connectivity index (χ0) is 12.4. The smallest absolute Gasteiger partial charge is 0.0639 e. The summed E-state index contributed by atoms with van der Waals surface area (Å²) in [5, 5.41) is 11.3. The first-order valence-electron chi connectivity index (χ1n) is 5.60. The Morgan fingerprint density at radius 3 is 2.76 bits per heavy atom. The normalized spacial score (nSPS) is 13.5. The third-order valence-electron chi connectivity index (χ3n) is 2.59. The molecule has 0 aliphatic heterocycles. The van der Waals surface area contributed by atoms with E-state index in [1.165, 1.54) is 4.70 Å². The Morgan fingerprint density at radius 1 is 1.41 bits per heavy atom. The lowest BCUT2D eigenvalue weighted by atomic mass is 10.2. The van der Waals surface area contributed by atoms with Gasteiger partial charge in [0, 0.05) is 28.1 Å². The molecule has 0 saturated carbocycles. The van der Waals surface area contributed by atoms with Crippen molar-refractivity contribution in [2.75, 3.05) is 13.6 Å². The zero-order valence-electron chi connectivity index (χ0n) is 9.98. The van der Waals surface area contributed by atoms with Gasteiger partial charge in [-0.2, -0.15) is 0 Å². The van der Waals surface area contributed by atoms with Gasteiger partial charge in [0.05, 0.1) is 11.1 Å². The molecule has 0 bridgehead atoms. The molecule has 2 nitrogen and oxygen atoms in total. The summed E-state index contributed by atoms with van der Waals surface area (Å²) in [6.07, 6.45) is -0.312. The van der Waals surface area contributed by atoms with Gasteiger partial charge in [-0.1, -0.05) is 29.8 Å². The fourth-order valence-electron chi connectivity index (χ4n) is 1.93. The van der Waals surface area contributed by atoms with Gasteiger partial charge in [-0.15, -0.1) is 11.3 Å². The van der Waals surface area contributed by atoms with Gasteiger partial charge in [-0.3, -0.25) is 4.90 Å². The fourth-order valence-corrected chi connectivity index (χ4v) is 3.50. The highest BCUT2D eigenvalue weighted by molar-refractivity contribution is 7.19. The van der Waals surface area contributed by atoms with Crippen LogP contribution in [0.4, 0.5) is 0 Å². The maximum Gasteiger partial charge on any atom is 0.0639 e. The number of aliphatic hydroxyl groups is 1. The lowest BCUT2D eigenvalue weighted by Crippen LogP contribution is -2.26. The van der Waals surface area contributed by atoms with E-state index in [0.717, 1.165) is 21.8 Å². The molecule has 1 unspecified atom stereocenters. The van der Waals surface area contributed by atoms with Gasteiger partial charge in [0.1, 0.15) is 0 Å². The number of aliphatic hydroxyl groups excluding tert-OH is 1. The highest BCUT2D eigenvalue weighted by atomic mass is 35.5. The summed E-state index contributed by atoms with van der Waals surface area (Å²) in [4.78, 5) is 3.25. The van der Waals surface area contributed by atoms with Crippen LogP contribution >= 0.6 is 22.9 Å². The second kappa shape index (κ2) is 5.36. The number of thiophene rings is 1. The van der Waals surface area contributed by atoms with Crippen LogP contribution in [-0.4, -0.2) is 29.7 Å². The summed E-state index contributed by atoms with van der Waals surface area (Å²) < 4.78 is 1.22. The van der Waals surface area contributed by atoms with Crippen LogP contribution < -0.4 is 0 Å². The summed E-state index contributed by atoms with van der Waals surface area (Å²) in [7, 11) is 1.99. The Hall–Kier alpha value is -0.610. The van der Waals surface area contributed by atoms with Crippen molar-refractivity contribution in [3.8, 4) is 0 Å². The van der Waals surface area contributed by atoms with Gasteiger partial charge in [-0.25, -0.2) is 0 Å². The van der Waals surface area contributed by atoms with Crippen LogP contribution in [0, 0.1) is 0 Å². The molecule has 2 aromatic rings. The van der Waals surface area contributed by atoms with E-state index >= 15 is 0 Å². The fraction of sp³-hybridized carbons (Fsp3) is 0.385. The molecule has 1 atom stereocenters. The van der Waals surface area contributed by atoms with Crippen molar-refractivity contribution >= 4 is 33.0 Å². The Bertz CT molecular complexity index is 509. The molecule has 1 aromatic heterocycles. The summed E-state index contributed by atoms with van der Waals surface area (Å²) in [5.74, 6) is 0. The summed E-state index contributed by atoms with van der Waals surface area (Å²) >= 11 is 8.08. The molecule has 0 fully saturated rings. The topological polar surface area (TPSA) is 23.5 Å². The second-order valence-electron chi connectivity index (χ2n) is 4.38. The van der Waals surface area contributed by atoms with E-state index in [9.17, 15) is 5.11 Å². The maximum absolute atomic E-state index is 9.34. The molecule has 0 saturated heterocycles. The molecular weight excluding hydrogens is 254 g/mol. The van der Waals surface area contributed by atoms with E-state index in [4.69, 9.17) is 11.6 Å². The molecule has 4 heteroatoms. The van der Waals surface area contributed by atoms with Gasteiger partial charge in [0.15, 0.2) is 0 Å². The van der Waals surface area contributed by atoms with Crippen LogP contribution in [0.3, 0.4) is 0 Å².